The first-order valence-corrected chi connectivity index (χ1v) is 8.11. The molecule has 0 aliphatic rings. The molecule has 0 saturated carbocycles. The average Bonchev–Trinajstić information content (AvgIpc) is 2.47. The Labute approximate surface area is 123 Å². The number of benzene rings is 1. The molecule has 8 heteroatoms. The van der Waals surface area contributed by atoms with E-state index in [0.29, 0.717) is 10.8 Å². The van der Waals surface area contributed by atoms with Gasteiger partial charge in [-0.3, -0.25) is 0 Å². The lowest BCUT2D eigenvalue weighted by Gasteiger charge is -2.14. The minimum atomic E-state index is -3.18. The third-order valence-corrected chi connectivity index (χ3v) is 4.81. The molecule has 1 atom stereocenters. The molecule has 2 aromatic rings. The SMILES string of the molecule is CCS(=O)(=O)c1ccc(C(C)Nc2ncnc(N)n2)cc1. The largest absolute Gasteiger partial charge is 0.368 e. The predicted octanol–water partition coefficient (Wildman–Crippen LogP) is 1.42. The second kappa shape index (κ2) is 6.04. The zero-order chi connectivity index (χ0) is 15.5. The zero-order valence-corrected chi connectivity index (χ0v) is 12.6. The third-order valence-electron chi connectivity index (χ3n) is 3.06. The highest BCUT2D eigenvalue weighted by Gasteiger charge is 2.13. The van der Waals surface area contributed by atoms with E-state index < -0.39 is 9.84 Å². The van der Waals surface area contributed by atoms with Crippen LogP contribution < -0.4 is 11.1 Å². The van der Waals surface area contributed by atoms with Gasteiger partial charge in [-0.25, -0.2) is 18.4 Å². The van der Waals surface area contributed by atoms with Crippen LogP contribution in [0.5, 0.6) is 0 Å². The van der Waals surface area contributed by atoms with Crippen molar-refractivity contribution in [3.05, 3.63) is 36.2 Å². The molecule has 0 bridgehead atoms. The Morgan fingerprint density at radius 3 is 2.48 bits per heavy atom. The number of nitrogens with two attached hydrogens (primary N) is 1. The first-order valence-electron chi connectivity index (χ1n) is 6.46. The highest BCUT2D eigenvalue weighted by molar-refractivity contribution is 7.91. The second-order valence-electron chi connectivity index (χ2n) is 4.51. The van der Waals surface area contributed by atoms with Gasteiger partial charge in [0, 0.05) is 0 Å². The summed E-state index contributed by atoms with van der Waals surface area (Å²) in [6, 6.07) is 6.66. The Kier molecular flexibility index (Phi) is 4.37. The van der Waals surface area contributed by atoms with Gasteiger partial charge in [0.2, 0.25) is 11.9 Å². The quantitative estimate of drug-likeness (QED) is 0.859. The van der Waals surface area contributed by atoms with Crippen molar-refractivity contribution in [3.8, 4) is 0 Å². The minimum Gasteiger partial charge on any atom is -0.368 e. The summed E-state index contributed by atoms with van der Waals surface area (Å²) in [6.07, 6.45) is 1.33. The molecule has 1 heterocycles. The molecule has 0 aliphatic carbocycles. The fraction of sp³-hybridized carbons (Fsp3) is 0.308. The van der Waals surface area contributed by atoms with Gasteiger partial charge in [-0.2, -0.15) is 4.98 Å². The summed E-state index contributed by atoms with van der Waals surface area (Å²) in [6.45, 7) is 3.54. The Bertz CT molecular complexity index is 716. The van der Waals surface area contributed by atoms with Crippen LogP contribution in [0.1, 0.15) is 25.5 Å². The van der Waals surface area contributed by atoms with Crippen molar-refractivity contribution in [1.29, 1.82) is 0 Å². The molecular weight excluding hydrogens is 290 g/mol. The van der Waals surface area contributed by atoms with Gasteiger partial charge in [-0.15, -0.1) is 0 Å². The molecule has 21 heavy (non-hydrogen) atoms. The number of rotatable bonds is 5. The van der Waals surface area contributed by atoms with Crippen LogP contribution in [0.3, 0.4) is 0 Å². The van der Waals surface area contributed by atoms with E-state index in [-0.39, 0.29) is 17.7 Å². The van der Waals surface area contributed by atoms with Crippen LogP contribution in [-0.2, 0) is 9.84 Å². The molecule has 0 fully saturated rings. The topological polar surface area (TPSA) is 111 Å². The zero-order valence-electron chi connectivity index (χ0n) is 11.8. The summed E-state index contributed by atoms with van der Waals surface area (Å²) in [5.41, 5.74) is 6.41. The summed E-state index contributed by atoms with van der Waals surface area (Å²) in [5.74, 6) is 0.605. The number of hydrogen-bond acceptors (Lipinski definition) is 7. The summed E-state index contributed by atoms with van der Waals surface area (Å²) >= 11 is 0. The van der Waals surface area contributed by atoms with E-state index in [1.165, 1.54) is 6.33 Å². The van der Waals surface area contributed by atoms with Crippen molar-refractivity contribution in [2.75, 3.05) is 16.8 Å². The molecule has 0 spiro atoms. The van der Waals surface area contributed by atoms with Gasteiger partial charge >= 0.3 is 0 Å². The lowest BCUT2D eigenvalue weighted by Crippen LogP contribution is -2.11. The Balaban J connectivity index is 2.15. The molecular formula is C13H17N5O2S. The van der Waals surface area contributed by atoms with Crippen molar-refractivity contribution in [2.45, 2.75) is 24.8 Å². The first kappa shape index (κ1) is 15.2. The summed E-state index contributed by atoms with van der Waals surface area (Å²) in [5, 5.41) is 3.08. The molecule has 0 aliphatic heterocycles. The van der Waals surface area contributed by atoms with Gasteiger partial charge in [-0.1, -0.05) is 19.1 Å². The fourth-order valence-corrected chi connectivity index (χ4v) is 2.67. The van der Waals surface area contributed by atoms with E-state index in [0.717, 1.165) is 5.56 Å². The molecule has 7 nitrogen and oxygen atoms in total. The maximum absolute atomic E-state index is 11.8. The monoisotopic (exact) mass is 307 g/mol. The van der Waals surface area contributed by atoms with Gasteiger partial charge < -0.3 is 11.1 Å². The molecule has 1 aromatic carbocycles. The number of nitrogens with zero attached hydrogens (tertiary/aromatic N) is 3. The average molecular weight is 307 g/mol. The summed E-state index contributed by atoms with van der Waals surface area (Å²) < 4.78 is 23.5. The van der Waals surface area contributed by atoms with Crippen LogP contribution in [0.15, 0.2) is 35.5 Å². The van der Waals surface area contributed by atoms with Crippen LogP contribution in [-0.4, -0.2) is 29.1 Å². The number of hydrogen-bond donors (Lipinski definition) is 2. The predicted molar refractivity (Wildman–Crippen MR) is 80.4 cm³/mol. The highest BCUT2D eigenvalue weighted by Crippen LogP contribution is 2.19. The lowest BCUT2D eigenvalue weighted by molar-refractivity contribution is 0.597. The smallest absolute Gasteiger partial charge is 0.227 e. The molecule has 1 aromatic heterocycles. The van der Waals surface area contributed by atoms with Crippen LogP contribution in [0.4, 0.5) is 11.9 Å². The van der Waals surface area contributed by atoms with Gasteiger partial charge in [0.1, 0.15) is 6.33 Å². The van der Waals surface area contributed by atoms with Gasteiger partial charge in [0.05, 0.1) is 16.7 Å². The first-order chi connectivity index (χ1) is 9.92. The van der Waals surface area contributed by atoms with Crippen LogP contribution in [0.2, 0.25) is 0 Å². The van der Waals surface area contributed by atoms with E-state index in [4.69, 9.17) is 5.73 Å². The van der Waals surface area contributed by atoms with Crippen LogP contribution in [0.25, 0.3) is 0 Å². The summed E-state index contributed by atoms with van der Waals surface area (Å²) in [4.78, 5) is 12.0. The molecule has 2 rings (SSSR count). The highest BCUT2D eigenvalue weighted by atomic mass is 32.2. The maximum atomic E-state index is 11.8. The van der Waals surface area contributed by atoms with E-state index in [2.05, 4.69) is 20.3 Å². The molecule has 0 amide bonds. The van der Waals surface area contributed by atoms with Crippen molar-refractivity contribution >= 4 is 21.7 Å². The van der Waals surface area contributed by atoms with Crippen molar-refractivity contribution in [2.24, 2.45) is 0 Å². The summed E-state index contributed by atoms with van der Waals surface area (Å²) in [7, 11) is -3.18. The number of sulfone groups is 1. The molecule has 3 N–H and O–H groups in total. The van der Waals surface area contributed by atoms with E-state index in [1.807, 2.05) is 6.92 Å². The van der Waals surface area contributed by atoms with Crippen molar-refractivity contribution in [1.82, 2.24) is 15.0 Å². The van der Waals surface area contributed by atoms with Gasteiger partial charge in [0.25, 0.3) is 0 Å². The lowest BCUT2D eigenvalue weighted by atomic mass is 10.1. The van der Waals surface area contributed by atoms with Crippen molar-refractivity contribution in [3.63, 3.8) is 0 Å². The number of nitrogen functional groups attached to an aromatic ring is 1. The normalized spacial score (nSPS) is 12.9. The van der Waals surface area contributed by atoms with Crippen LogP contribution in [0, 0.1) is 0 Å². The standard InChI is InChI=1S/C13H17N5O2S/c1-3-21(19,20)11-6-4-10(5-7-11)9(2)17-13-16-8-15-12(14)18-13/h4-9H,3H2,1-2H3,(H3,14,15,16,17,18). The molecule has 0 radical (unpaired) electrons. The Morgan fingerprint density at radius 1 is 1.24 bits per heavy atom. The van der Waals surface area contributed by atoms with E-state index in [1.54, 1.807) is 31.2 Å². The van der Waals surface area contributed by atoms with Gasteiger partial charge in [-0.05, 0) is 24.6 Å². The van der Waals surface area contributed by atoms with E-state index >= 15 is 0 Å². The van der Waals surface area contributed by atoms with Crippen LogP contribution >= 0.6 is 0 Å². The number of anilines is 2. The number of nitrogens with one attached hydrogen (secondary N) is 1. The van der Waals surface area contributed by atoms with E-state index in [9.17, 15) is 8.42 Å². The third kappa shape index (κ3) is 3.66. The number of aromatic nitrogens is 3. The molecule has 0 saturated heterocycles. The Morgan fingerprint density at radius 2 is 1.90 bits per heavy atom. The van der Waals surface area contributed by atoms with Crippen molar-refractivity contribution < 1.29 is 8.42 Å². The Hall–Kier alpha value is -2.22. The molecule has 1 unspecified atom stereocenters. The fourth-order valence-electron chi connectivity index (χ4n) is 1.79. The molecule has 112 valence electrons. The minimum absolute atomic E-state index is 0.0876. The maximum Gasteiger partial charge on any atom is 0.227 e. The van der Waals surface area contributed by atoms with Gasteiger partial charge in [0.15, 0.2) is 9.84 Å². The second-order valence-corrected chi connectivity index (χ2v) is 6.78.